The molecule has 2 aromatic carbocycles. The molecular formula is C18H20O. The molecule has 0 radical (unpaired) electrons. The average molecular weight is 252 g/mol. The predicted octanol–water partition coefficient (Wildman–Crippen LogP) is 4.38. The zero-order chi connectivity index (χ0) is 13.2. The largest absolute Gasteiger partial charge is 0.373 e. The lowest BCUT2D eigenvalue weighted by Gasteiger charge is -2.23. The van der Waals surface area contributed by atoms with Gasteiger partial charge in [0, 0.05) is 0 Å². The molecular weight excluding hydrogens is 232 g/mol. The highest BCUT2D eigenvalue weighted by Crippen LogP contribution is 2.27. The Labute approximate surface area is 115 Å². The molecule has 1 aliphatic rings. The highest BCUT2D eigenvalue weighted by Gasteiger charge is 2.15. The fraction of sp³-hybridized carbons (Fsp3) is 0.333. The number of hydrogen-bond acceptors (Lipinski definition) is 1. The van der Waals surface area contributed by atoms with Gasteiger partial charge in [0.05, 0.1) is 12.7 Å². The summed E-state index contributed by atoms with van der Waals surface area (Å²) in [5.74, 6) is 0. The maximum absolute atomic E-state index is 5.73. The van der Waals surface area contributed by atoms with E-state index in [1.807, 2.05) is 0 Å². The Balaban J connectivity index is 1.93. The quantitative estimate of drug-likeness (QED) is 0.771. The van der Waals surface area contributed by atoms with Crippen LogP contribution in [-0.2, 0) is 24.2 Å². The molecule has 0 aromatic heterocycles. The molecule has 98 valence electrons. The first-order chi connectivity index (χ1) is 9.26. The minimum Gasteiger partial charge on any atom is -0.373 e. The first kappa shape index (κ1) is 12.4. The molecule has 1 heterocycles. The monoisotopic (exact) mass is 252 g/mol. The second-order valence-electron chi connectivity index (χ2n) is 5.36. The van der Waals surface area contributed by atoms with Crippen molar-refractivity contribution in [1.29, 1.82) is 0 Å². The Hall–Kier alpha value is -1.60. The zero-order valence-electron chi connectivity index (χ0n) is 11.6. The van der Waals surface area contributed by atoms with Gasteiger partial charge in [-0.1, -0.05) is 43.3 Å². The third kappa shape index (κ3) is 2.57. The molecule has 0 bridgehead atoms. The molecule has 19 heavy (non-hydrogen) atoms. The highest BCUT2D eigenvalue weighted by atomic mass is 16.5. The lowest BCUT2D eigenvalue weighted by molar-refractivity contribution is 0.0411. The minimum atomic E-state index is 0.349. The van der Waals surface area contributed by atoms with Gasteiger partial charge in [0.2, 0.25) is 0 Å². The Kier molecular flexibility index (Phi) is 3.39. The van der Waals surface area contributed by atoms with E-state index in [1.165, 1.54) is 27.8 Å². The van der Waals surface area contributed by atoms with E-state index in [0.29, 0.717) is 6.10 Å². The van der Waals surface area contributed by atoms with Crippen molar-refractivity contribution in [2.45, 2.75) is 39.4 Å². The van der Waals surface area contributed by atoms with Crippen LogP contribution in [0, 0.1) is 0 Å². The van der Waals surface area contributed by atoms with Gasteiger partial charge in [-0.2, -0.15) is 0 Å². The molecule has 0 saturated carbocycles. The minimum absolute atomic E-state index is 0.349. The van der Waals surface area contributed by atoms with Gasteiger partial charge in [0.25, 0.3) is 0 Å². The SMILES string of the molecule is CCc1ccc(-c2ccc3c(c2)COC(C)C3)cc1. The summed E-state index contributed by atoms with van der Waals surface area (Å²) in [5.41, 5.74) is 6.75. The molecule has 2 aromatic rings. The normalized spacial score (nSPS) is 18.1. The van der Waals surface area contributed by atoms with E-state index in [0.717, 1.165) is 19.4 Å². The maximum atomic E-state index is 5.73. The van der Waals surface area contributed by atoms with Crippen molar-refractivity contribution in [3.05, 3.63) is 59.2 Å². The van der Waals surface area contributed by atoms with Crippen molar-refractivity contribution in [1.82, 2.24) is 0 Å². The van der Waals surface area contributed by atoms with Crippen LogP contribution >= 0.6 is 0 Å². The summed E-state index contributed by atoms with van der Waals surface area (Å²) < 4.78 is 5.73. The molecule has 1 heteroatoms. The molecule has 0 saturated heterocycles. The van der Waals surface area contributed by atoms with Crippen LogP contribution in [0.1, 0.15) is 30.5 Å². The molecule has 0 spiro atoms. The van der Waals surface area contributed by atoms with Crippen molar-refractivity contribution in [2.24, 2.45) is 0 Å². The van der Waals surface area contributed by atoms with Crippen LogP contribution in [-0.4, -0.2) is 6.10 Å². The molecule has 1 nitrogen and oxygen atoms in total. The van der Waals surface area contributed by atoms with Crippen LogP contribution in [0.2, 0.25) is 0 Å². The summed E-state index contributed by atoms with van der Waals surface area (Å²) in [4.78, 5) is 0. The van der Waals surface area contributed by atoms with Crippen LogP contribution in [0.3, 0.4) is 0 Å². The van der Waals surface area contributed by atoms with E-state index in [9.17, 15) is 0 Å². The highest BCUT2D eigenvalue weighted by molar-refractivity contribution is 5.65. The zero-order valence-corrected chi connectivity index (χ0v) is 11.6. The second-order valence-corrected chi connectivity index (χ2v) is 5.36. The van der Waals surface area contributed by atoms with Crippen molar-refractivity contribution in [2.75, 3.05) is 0 Å². The Bertz CT molecular complexity index is 569. The van der Waals surface area contributed by atoms with Gasteiger partial charge in [-0.3, -0.25) is 0 Å². The number of fused-ring (bicyclic) bond motifs is 1. The second kappa shape index (κ2) is 5.18. The average Bonchev–Trinajstić information content (AvgIpc) is 2.47. The van der Waals surface area contributed by atoms with Gasteiger partial charge in [0.1, 0.15) is 0 Å². The predicted molar refractivity (Wildman–Crippen MR) is 79.2 cm³/mol. The van der Waals surface area contributed by atoms with Gasteiger partial charge < -0.3 is 4.74 Å². The van der Waals surface area contributed by atoms with E-state index in [2.05, 4.69) is 56.3 Å². The lowest BCUT2D eigenvalue weighted by Crippen LogP contribution is -2.18. The fourth-order valence-electron chi connectivity index (χ4n) is 2.67. The van der Waals surface area contributed by atoms with Gasteiger partial charge in [-0.05, 0) is 53.6 Å². The van der Waals surface area contributed by atoms with E-state index in [1.54, 1.807) is 0 Å². The summed E-state index contributed by atoms with van der Waals surface area (Å²) in [5, 5.41) is 0. The number of ether oxygens (including phenoxy) is 1. The topological polar surface area (TPSA) is 9.23 Å². The van der Waals surface area contributed by atoms with Crippen LogP contribution in [0.4, 0.5) is 0 Å². The third-order valence-corrected chi connectivity index (χ3v) is 3.93. The van der Waals surface area contributed by atoms with Gasteiger partial charge >= 0.3 is 0 Å². The van der Waals surface area contributed by atoms with E-state index < -0.39 is 0 Å². The molecule has 0 N–H and O–H groups in total. The van der Waals surface area contributed by atoms with Gasteiger partial charge in [-0.25, -0.2) is 0 Å². The van der Waals surface area contributed by atoms with E-state index >= 15 is 0 Å². The molecule has 1 atom stereocenters. The van der Waals surface area contributed by atoms with Crippen LogP contribution in [0.15, 0.2) is 42.5 Å². The number of benzene rings is 2. The van der Waals surface area contributed by atoms with Crippen molar-refractivity contribution < 1.29 is 4.74 Å². The van der Waals surface area contributed by atoms with Crippen molar-refractivity contribution >= 4 is 0 Å². The summed E-state index contributed by atoms with van der Waals surface area (Å²) in [6, 6.07) is 15.6. The smallest absolute Gasteiger partial charge is 0.0723 e. The van der Waals surface area contributed by atoms with Crippen molar-refractivity contribution in [3.63, 3.8) is 0 Å². The Morgan fingerprint density at radius 2 is 1.74 bits per heavy atom. The molecule has 1 aliphatic heterocycles. The van der Waals surface area contributed by atoms with Crippen LogP contribution in [0.25, 0.3) is 11.1 Å². The summed E-state index contributed by atoms with van der Waals surface area (Å²) in [6.07, 6.45) is 2.47. The Morgan fingerprint density at radius 1 is 1.00 bits per heavy atom. The van der Waals surface area contributed by atoms with E-state index in [4.69, 9.17) is 4.74 Å². The molecule has 0 amide bonds. The first-order valence-electron chi connectivity index (χ1n) is 7.09. The standard InChI is InChI=1S/C18H20O/c1-3-14-4-6-15(7-5-14)17-9-8-16-10-13(2)19-12-18(16)11-17/h4-9,11,13H,3,10,12H2,1-2H3. The maximum Gasteiger partial charge on any atom is 0.0723 e. The first-order valence-corrected chi connectivity index (χ1v) is 7.09. The molecule has 1 unspecified atom stereocenters. The summed E-state index contributed by atoms with van der Waals surface area (Å²) >= 11 is 0. The third-order valence-electron chi connectivity index (χ3n) is 3.93. The molecule has 0 aliphatic carbocycles. The van der Waals surface area contributed by atoms with Gasteiger partial charge in [0.15, 0.2) is 0 Å². The lowest BCUT2D eigenvalue weighted by atomic mass is 9.94. The fourth-order valence-corrected chi connectivity index (χ4v) is 2.67. The number of rotatable bonds is 2. The van der Waals surface area contributed by atoms with Crippen molar-refractivity contribution in [3.8, 4) is 11.1 Å². The number of aryl methyl sites for hydroxylation is 1. The number of hydrogen-bond donors (Lipinski definition) is 0. The van der Waals surface area contributed by atoms with Crippen LogP contribution in [0.5, 0.6) is 0 Å². The molecule has 3 rings (SSSR count). The molecule has 0 fully saturated rings. The summed E-state index contributed by atoms with van der Waals surface area (Å²) in [7, 11) is 0. The summed E-state index contributed by atoms with van der Waals surface area (Å²) in [6.45, 7) is 5.07. The van der Waals surface area contributed by atoms with Gasteiger partial charge in [-0.15, -0.1) is 0 Å². The van der Waals surface area contributed by atoms with E-state index in [-0.39, 0.29) is 0 Å². The van der Waals surface area contributed by atoms with Crippen LogP contribution < -0.4 is 0 Å². The Morgan fingerprint density at radius 3 is 2.47 bits per heavy atom.